The minimum Gasteiger partial charge on any atom is -0.394 e. The van der Waals surface area contributed by atoms with Crippen LogP contribution in [0, 0.1) is 0 Å². The largest absolute Gasteiger partial charge is 0.394 e. The lowest BCUT2D eigenvalue weighted by molar-refractivity contribution is 0.0902. The number of aliphatic hydroxyl groups excluding tert-OH is 1. The predicted octanol–water partition coefficient (Wildman–Crippen LogP) is 0.883. The molecule has 1 atom stereocenters. The molecule has 94 valence electrons. The summed E-state index contributed by atoms with van der Waals surface area (Å²) in [5.74, 6) is 0.0229. The standard InChI is InChI=1S/C13H15N3O2/c1-16-8-7-14-12(16)13(18)15-11(9-17)10-5-3-2-4-6-10/h2-8,11,17H,9H2,1H3,(H,15,18). The second kappa shape index (κ2) is 5.46. The van der Waals surface area contributed by atoms with E-state index in [1.165, 1.54) is 0 Å². The van der Waals surface area contributed by atoms with Gasteiger partial charge in [-0.05, 0) is 5.56 Å². The normalized spacial score (nSPS) is 12.1. The molecule has 18 heavy (non-hydrogen) atoms. The van der Waals surface area contributed by atoms with E-state index in [4.69, 9.17) is 0 Å². The van der Waals surface area contributed by atoms with Crippen LogP contribution in [-0.2, 0) is 7.05 Å². The van der Waals surface area contributed by atoms with Gasteiger partial charge in [0.15, 0.2) is 5.82 Å². The highest BCUT2D eigenvalue weighted by atomic mass is 16.3. The summed E-state index contributed by atoms with van der Waals surface area (Å²) in [4.78, 5) is 15.9. The van der Waals surface area contributed by atoms with E-state index in [0.29, 0.717) is 5.82 Å². The van der Waals surface area contributed by atoms with E-state index in [0.717, 1.165) is 5.56 Å². The molecule has 0 aliphatic heterocycles. The Morgan fingerprint density at radius 2 is 2.17 bits per heavy atom. The highest BCUT2D eigenvalue weighted by Gasteiger charge is 2.17. The number of aryl methyl sites for hydroxylation is 1. The number of aliphatic hydroxyl groups is 1. The molecule has 0 saturated heterocycles. The van der Waals surface area contributed by atoms with Crippen molar-refractivity contribution in [3.05, 3.63) is 54.1 Å². The molecule has 0 fully saturated rings. The van der Waals surface area contributed by atoms with Crippen LogP contribution in [0.2, 0.25) is 0 Å². The second-order valence-electron chi connectivity index (χ2n) is 3.98. The Balaban J connectivity index is 2.13. The molecule has 2 aromatic rings. The lowest BCUT2D eigenvalue weighted by Gasteiger charge is -2.16. The Bertz CT molecular complexity index is 522. The third-order valence-corrected chi connectivity index (χ3v) is 2.71. The molecule has 5 nitrogen and oxygen atoms in total. The number of hydrogen-bond acceptors (Lipinski definition) is 3. The first-order valence-electron chi connectivity index (χ1n) is 5.66. The third-order valence-electron chi connectivity index (χ3n) is 2.71. The Labute approximate surface area is 105 Å². The maximum atomic E-state index is 12.0. The summed E-state index contributed by atoms with van der Waals surface area (Å²) < 4.78 is 1.63. The Hall–Kier alpha value is -2.14. The molecule has 2 rings (SSSR count). The molecular weight excluding hydrogens is 230 g/mol. The van der Waals surface area contributed by atoms with Crippen molar-refractivity contribution >= 4 is 5.91 Å². The van der Waals surface area contributed by atoms with Crippen molar-refractivity contribution in [3.8, 4) is 0 Å². The molecule has 0 radical (unpaired) electrons. The summed E-state index contributed by atoms with van der Waals surface area (Å²) in [6.07, 6.45) is 3.26. The molecule has 1 heterocycles. The summed E-state index contributed by atoms with van der Waals surface area (Å²) in [6.45, 7) is -0.153. The quantitative estimate of drug-likeness (QED) is 0.840. The van der Waals surface area contributed by atoms with Crippen molar-refractivity contribution in [3.63, 3.8) is 0 Å². The van der Waals surface area contributed by atoms with Crippen molar-refractivity contribution in [1.29, 1.82) is 0 Å². The lowest BCUT2D eigenvalue weighted by Crippen LogP contribution is -2.32. The molecule has 0 spiro atoms. The second-order valence-corrected chi connectivity index (χ2v) is 3.98. The number of hydrogen-bond donors (Lipinski definition) is 2. The smallest absolute Gasteiger partial charge is 0.287 e. The number of nitrogens with zero attached hydrogens (tertiary/aromatic N) is 2. The van der Waals surface area contributed by atoms with Crippen LogP contribution in [0.3, 0.4) is 0 Å². The summed E-state index contributed by atoms with van der Waals surface area (Å²) in [5, 5.41) is 12.1. The monoisotopic (exact) mass is 245 g/mol. The first-order valence-corrected chi connectivity index (χ1v) is 5.66. The number of carbonyl (C=O) groups excluding carboxylic acids is 1. The molecule has 1 aromatic carbocycles. The van der Waals surface area contributed by atoms with Crippen LogP contribution in [0.1, 0.15) is 22.2 Å². The fourth-order valence-corrected chi connectivity index (χ4v) is 1.73. The van der Waals surface area contributed by atoms with Gasteiger partial charge >= 0.3 is 0 Å². The predicted molar refractivity (Wildman–Crippen MR) is 66.9 cm³/mol. The van der Waals surface area contributed by atoms with Crippen LogP contribution in [0.5, 0.6) is 0 Å². The van der Waals surface area contributed by atoms with E-state index < -0.39 is 6.04 Å². The lowest BCUT2D eigenvalue weighted by atomic mass is 10.1. The summed E-state index contributed by atoms with van der Waals surface area (Å²) in [6, 6.07) is 8.92. The van der Waals surface area contributed by atoms with Gasteiger partial charge in [-0.3, -0.25) is 4.79 Å². The zero-order chi connectivity index (χ0) is 13.0. The Kier molecular flexibility index (Phi) is 3.74. The van der Waals surface area contributed by atoms with Gasteiger partial charge in [-0.25, -0.2) is 4.98 Å². The number of amides is 1. The van der Waals surface area contributed by atoms with Gasteiger partial charge in [-0.1, -0.05) is 30.3 Å². The van der Waals surface area contributed by atoms with Gasteiger partial charge in [0, 0.05) is 19.4 Å². The van der Waals surface area contributed by atoms with Crippen LogP contribution < -0.4 is 5.32 Å². The van der Waals surface area contributed by atoms with Gasteiger partial charge in [-0.2, -0.15) is 0 Å². The topological polar surface area (TPSA) is 67.2 Å². The van der Waals surface area contributed by atoms with E-state index in [9.17, 15) is 9.90 Å². The minimum absolute atomic E-state index is 0.153. The molecule has 1 aromatic heterocycles. The number of imidazole rings is 1. The number of carbonyl (C=O) groups is 1. The van der Waals surface area contributed by atoms with Gasteiger partial charge in [0.2, 0.25) is 0 Å². The maximum absolute atomic E-state index is 12.0. The highest BCUT2D eigenvalue weighted by Crippen LogP contribution is 2.12. The molecule has 0 bridgehead atoms. The zero-order valence-electron chi connectivity index (χ0n) is 10.1. The van der Waals surface area contributed by atoms with E-state index in [1.54, 1.807) is 24.0 Å². The molecule has 0 saturated carbocycles. The van der Waals surface area contributed by atoms with Gasteiger partial charge in [0.1, 0.15) is 0 Å². The Morgan fingerprint density at radius 3 is 2.72 bits per heavy atom. The van der Waals surface area contributed by atoms with Gasteiger partial charge < -0.3 is 15.0 Å². The molecule has 2 N–H and O–H groups in total. The van der Waals surface area contributed by atoms with Crippen molar-refractivity contribution in [2.45, 2.75) is 6.04 Å². The average molecular weight is 245 g/mol. The summed E-state index contributed by atoms with van der Waals surface area (Å²) in [7, 11) is 1.75. The SMILES string of the molecule is Cn1ccnc1C(=O)NC(CO)c1ccccc1. The number of aromatic nitrogens is 2. The fourth-order valence-electron chi connectivity index (χ4n) is 1.73. The first kappa shape index (κ1) is 12.3. The van der Waals surface area contributed by atoms with Gasteiger partial charge in [0.25, 0.3) is 5.91 Å². The zero-order valence-corrected chi connectivity index (χ0v) is 10.1. The fraction of sp³-hybridized carbons (Fsp3) is 0.231. The van der Waals surface area contributed by atoms with Crippen LogP contribution in [-0.4, -0.2) is 27.2 Å². The van der Waals surface area contributed by atoms with Gasteiger partial charge in [0.05, 0.1) is 12.6 Å². The minimum atomic E-state index is -0.421. The number of benzene rings is 1. The van der Waals surface area contributed by atoms with Crippen molar-refractivity contribution in [2.24, 2.45) is 7.05 Å². The molecule has 1 unspecified atom stereocenters. The van der Waals surface area contributed by atoms with E-state index in [1.807, 2.05) is 30.3 Å². The maximum Gasteiger partial charge on any atom is 0.287 e. The molecule has 0 aliphatic rings. The molecule has 0 aliphatic carbocycles. The molecule has 5 heteroatoms. The van der Waals surface area contributed by atoms with Crippen molar-refractivity contribution < 1.29 is 9.90 Å². The highest BCUT2D eigenvalue weighted by molar-refractivity contribution is 5.91. The molecule has 1 amide bonds. The third kappa shape index (κ3) is 2.57. The first-order chi connectivity index (χ1) is 8.72. The van der Waals surface area contributed by atoms with Crippen LogP contribution >= 0.6 is 0 Å². The number of nitrogens with one attached hydrogen (secondary N) is 1. The van der Waals surface area contributed by atoms with Crippen molar-refractivity contribution in [1.82, 2.24) is 14.9 Å². The Morgan fingerprint density at radius 1 is 1.44 bits per heavy atom. The summed E-state index contributed by atoms with van der Waals surface area (Å²) >= 11 is 0. The van der Waals surface area contributed by atoms with Crippen LogP contribution in [0.4, 0.5) is 0 Å². The average Bonchev–Trinajstić information content (AvgIpc) is 2.83. The van der Waals surface area contributed by atoms with Gasteiger partial charge in [-0.15, -0.1) is 0 Å². The van der Waals surface area contributed by atoms with Crippen LogP contribution in [0.15, 0.2) is 42.7 Å². The van der Waals surface area contributed by atoms with E-state index >= 15 is 0 Å². The summed E-state index contributed by atoms with van der Waals surface area (Å²) in [5.41, 5.74) is 0.863. The van der Waals surface area contributed by atoms with Crippen LogP contribution in [0.25, 0.3) is 0 Å². The molecular formula is C13H15N3O2. The van der Waals surface area contributed by atoms with E-state index in [2.05, 4.69) is 10.3 Å². The van der Waals surface area contributed by atoms with E-state index in [-0.39, 0.29) is 12.5 Å². The van der Waals surface area contributed by atoms with Crippen molar-refractivity contribution in [2.75, 3.05) is 6.61 Å². The number of rotatable bonds is 4.